The van der Waals surface area contributed by atoms with Gasteiger partial charge in [-0.2, -0.15) is 0 Å². The Morgan fingerprint density at radius 2 is 1.83 bits per heavy atom. The number of carbonyl (C=O) groups is 3. The Morgan fingerprint density at radius 3 is 2.43 bits per heavy atom. The van der Waals surface area contributed by atoms with Gasteiger partial charge in [0.2, 0.25) is 5.91 Å². The number of rotatable bonds is 7. The molecule has 4 rings (SSSR count). The van der Waals surface area contributed by atoms with Crippen molar-refractivity contribution in [2.75, 3.05) is 6.54 Å². The summed E-state index contributed by atoms with van der Waals surface area (Å²) in [4.78, 5) is 40.1. The highest BCUT2D eigenvalue weighted by atomic mass is 16.2. The lowest BCUT2D eigenvalue weighted by atomic mass is 10.0. The summed E-state index contributed by atoms with van der Waals surface area (Å²) in [5, 5.41) is 2.52. The zero-order valence-electron chi connectivity index (χ0n) is 17.4. The molecule has 1 N–H and O–H groups in total. The maximum Gasteiger partial charge on any atom is 0.324 e. The molecule has 1 aliphatic carbocycles. The highest BCUT2D eigenvalue weighted by molar-refractivity contribution is 6.02. The molecule has 2 fully saturated rings. The number of benzene rings is 2. The molecule has 156 valence electrons. The average molecular weight is 405 g/mol. The second-order valence-corrected chi connectivity index (χ2v) is 8.40. The fourth-order valence-electron chi connectivity index (χ4n) is 3.72. The zero-order valence-corrected chi connectivity index (χ0v) is 17.4. The van der Waals surface area contributed by atoms with Crippen LogP contribution < -0.4 is 5.32 Å². The van der Waals surface area contributed by atoms with Gasteiger partial charge in [0.15, 0.2) is 0 Å². The summed E-state index contributed by atoms with van der Waals surface area (Å²) in [7, 11) is 0. The quantitative estimate of drug-likeness (QED) is 0.715. The van der Waals surface area contributed by atoms with Gasteiger partial charge in [-0.05, 0) is 47.6 Å². The van der Waals surface area contributed by atoms with E-state index in [-0.39, 0.29) is 37.0 Å². The van der Waals surface area contributed by atoms with Gasteiger partial charge in [0.05, 0.1) is 13.1 Å². The normalized spacial score (nSPS) is 16.2. The molecule has 1 saturated carbocycles. The monoisotopic (exact) mass is 405 g/mol. The number of nitrogens with one attached hydrogen (secondary N) is 1. The minimum atomic E-state index is -0.388. The van der Waals surface area contributed by atoms with Gasteiger partial charge in [-0.1, -0.05) is 50.2 Å². The number of imide groups is 1. The molecule has 2 aromatic rings. The Hall–Kier alpha value is -3.15. The average Bonchev–Trinajstić information content (AvgIpc) is 3.54. The first-order valence-electron chi connectivity index (χ1n) is 10.5. The molecule has 0 atom stereocenters. The second-order valence-electron chi connectivity index (χ2n) is 8.40. The van der Waals surface area contributed by atoms with Gasteiger partial charge in [0.1, 0.15) is 0 Å². The van der Waals surface area contributed by atoms with Crippen molar-refractivity contribution in [3.8, 4) is 0 Å². The van der Waals surface area contributed by atoms with Gasteiger partial charge in [0, 0.05) is 18.2 Å². The Kier molecular flexibility index (Phi) is 5.57. The van der Waals surface area contributed by atoms with Crippen LogP contribution in [0, 0.1) is 0 Å². The summed E-state index contributed by atoms with van der Waals surface area (Å²) >= 11 is 0. The molecule has 4 amide bonds. The van der Waals surface area contributed by atoms with E-state index >= 15 is 0 Å². The third kappa shape index (κ3) is 4.37. The molecule has 0 radical (unpaired) electrons. The molecule has 1 aliphatic heterocycles. The molecular weight excluding hydrogens is 378 g/mol. The lowest BCUT2D eigenvalue weighted by Gasteiger charge is -2.23. The van der Waals surface area contributed by atoms with Crippen molar-refractivity contribution in [2.24, 2.45) is 0 Å². The van der Waals surface area contributed by atoms with Crippen molar-refractivity contribution >= 4 is 17.8 Å². The summed E-state index contributed by atoms with van der Waals surface area (Å²) in [6.07, 6.45) is 2.05. The molecule has 2 aromatic carbocycles. The van der Waals surface area contributed by atoms with Crippen molar-refractivity contribution in [2.45, 2.75) is 51.7 Å². The van der Waals surface area contributed by atoms with Gasteiger partial charge in [-0.3, -0.25) is 14.5 Å². The van der Waals surface area contributed by atoms with Crippen molar-refractivity contribution in [1.82, 2.24) is 15.1 Å². The first kappa shape index (κ1) is 20.1. The lowest BCUT2D eigenvalue weighted by molar-refractivity contribution is -0.125. The van der Waals surface area contributed by atoms with Crippen LogP contribution in [0.2, 0.25) is 0 Å². The Morgan fingerprint density at radius 1 is 1.10 bits per heavy atom. The van der Waals surface area contributed by atoms with E-state index in [1.807, 2.05) is 17.0 Å². The first-order chi connectivity index (χ1) is 14.4. The smallest absolute Gasteiger partial charge is 0.324 e. The van der Waals surface area contributed by atoms with E-state index in [0.717, 1.165) is 24.0 Å². The highest BCUT2D eigenvalue weighted by Gasteiger charge is 2.33. The van der Waals surface area contributed by atoms with E-state index in [9.17, 15) is 14.4 Å². The van der Waals surface area contributed by atoms with Crippen LogP contribution in [0.4, 0.5) is 4.79 Å². The highest BCUT2D eigenvalue weighted by Crippen LogP contribution is 2.30. The van der Waals surface area contributed by atoms with E-state index < -0.39 is 0 Å². The number of nitrogens with zero attached hydrogens (tertiary/aromatic N) is 2. The fourth-order valence-corrected chi connectivity index (χ4v) is 3.72. The van der Waals surface area contributed by atoms with Gasteiger partial charge in [0.25, 0.3) is 5.91 Å². The second kappa shape index (κ2) is 8.30. The van der Waals surface area contributed by atoms with Crippen LogP contribution in [0.5, 0.6) is 0 Å². The molecule has 1 saturated heterocycles. The van der Waals surface area contributed by atoms with Gasteiger partial charge in [-0.15, -0.1) is 0 Å². The van der Waals surface area contributed by atoms with Crippen LogP contribution in [0.1, 0.15) is 59.7 Å². The first-order valence-corrected chi connectivity index (χ1v) is 10.5. The molecule has 6 nitrogen and oxygen atoms in total. The Bertz CT molecular complexity index is 948. The summed E-state index contributed by atoms with van der Waals surface area (Å²) in [5.41, 5.74) is 3.76. The van der Waals surface area contributed by atoms with Crippen LogP contribution in [0.15, 0.2) is 48.5 Å². The standard InChI is InChI=1S/C24H27N3O3/c1-16(2)19-8-6-17(7-9-19)14-26(21-10-11-21)23(29)20-5-3-4-18(12-20)15-27-22(28)13-25-24(27)30/h3-9,12,16,21H,10-11,13-15H2,1-2H3,(H,25,30). The molecule has 6 heteroatoms. The summed E-state index contributed by atoms with van der Waals surface area (Å²) in [5.74, 6) is 0.221. The molecule has 30 heavy (non-hydrogen) atoms. The van der Waals surface area contributed by atoms with Crippen LogP contribution in [0.3, 0.4) is 0 Å². The fraction of sp³-hybridized carbons (Fsp3) is 0.375. The van der Waals surface area contributed by atoms with E-state index in [4.69, 9.17) is 0 Å². The van der Waals surface area contributed by atoms with E-state index in [2.05, 4.69) is 43.4 Å². The molecule has 0 bridgehead atoms. The molecule has 0 aromatic heterocycles. The van der Waals surface area contributed by atoms with Crippen molar-refractivity contribution in [1.29, 1.82) is 0 Å². The number of urea groups is 1. The summed E-state index contributed by atoms with van der Waals surface area (Å²) in [6, 6.07) is 15.6. The maximum absolute atomic E-state index is 13.3. The minimum Gasteiger partial charge on any atom is -0.331 e. The number of hydrogen-bond acceptors (Lipinski definition) is 3. The molecule has 1 heterocycles. The van der Waals surface area contributed by atoms with Crippen LogP contribution in [-0.2, 0) is 17.9 Å². The van der Waals surface area contributed by atoms with Gasteiger partial charge >= 0.3 is 6.03 Å². The Labute approximate surface area is 176 Å². The number of carbonyl (C=O) groups excluding carboxylic acids is 3. The van der Waals surface area contributed by atoms with Crippen LogP contribution in [-0.4, -0.2) is 40.2 Å². The predicted molar refractivity (Wildman–Crippen MR) is 114 cm³/mol. The van der Waals surface area contributed by atoms with Crippen molar-refractivity contribution in [3.63, 3.8) is 0 Å². The number of amides is 4. The topological polar surface area (TPSA) is 69.7 Å². The van der Waals surface area contributed by atoms with Crippen LogP contribution in [0.25, 0.3) is 0 Å². The molecule has 0 unspecified atom stereocenters. The molecule has 0 spiro atoms. The summed E-state index contributed by atoms with van der Waals surface area (Å²) in [6.45, 7) is 5.12. The van der Waals surface area contributed by atoms with Gasteiger partial charge < -0.3 is 10.2 Å². The Balaban J connectivity index is 1.50. The van der Waals surface area contributed by atoms with Gasteiger partial charge in [-0.25, -0.2) is 4.79 Å². The largest absolute Gasteiger partial charge is 0.331 e. The lowest BCUT2D eigenvalue weighted by Crippen LogP contribution is -2.33. The molecule has 2 aliphatic rings. The van der Waals surface area contributed by atoms with E-state index in [1.54, 1.807) is 12.1 Å². The SMILES string of the molecule is CC(C)c1ccc(CN(C(=O)c2cccc(CN3C(=O)CNC3=O)c2)C2CC2)cc1. The predicted octanol–water partition coefficient (Wildman–Crippen LogP) is 3.67. The number of hydrogen-bond donors (Lipinski definition) is 1. The third-order valence-electron chi connectivity index (χ3n) is 5.70. The van der Waals surface area contributed by atoms with Crippen molar-refractivity contribution in [3.05, 3.63) is 70.8 Å². The summed E-state index contributed by atoms with van der Waals surface area (Å²) < 4.78 is 0. The third-order valence-corrected chi connectivity index (χ3v) is 5.70. The zero-order chi connectivity index (χ0) is 21.3. The van der Waals surface area contributed by atoms with E-state index in [1.165, 1.54) is 10.5 Å². The van der Waals surface area contributed by atoms with Crippen molar-refractivity contribution < 1.29 is 14.4 Å². The minimum absolute atomic E-state index is 0.00974. The van der Waals surface area contributed by atoms with Crippen LogP contribution >= 0.6 is 0 Å². The van der Waals surface area contributed by atoms with E-state index in [0.29, 0.717) is 18.0 Å². The maximum atomic E-state index is 13.3. The molecular formula is C24H27N3O3.